The monoisotopic (exact) mass is 410 g/mol. The van der Waals surface area contributed by atoms with E-state index in [1.54, 1.807) is 42.5 Å². The highest BCUT2D eigenvalue weighted by molar-refractivity contribution is 6.09. The Labute approximate surface area is 178 Å². The van der Waals surface area contributed by atoms with Gasteiger partial charge in [0.15, 0.2) is 5.78 Å². The van der Waals surface area contributed by atoms with E-state index in [4.69, 9.17) is 9.84 Å². The van der Waals surface area contributed by atoms with Gasteiger partial charge < -0.3 is 14.6 Å². The van der Waals surface area contributed by atoms with Crippen LogP contribution in [0.4, 0.5) is 0 Å². The van der Waals surface area contributed by atoms with Gasteiger partial charge in [-0.3, -0.25) is 4.79 Å². The van der Waals surface area contributed by atoms with Gasteiger partial charge in [-0.15, -0.1) is 0 Å². The van der Waals surface area contributed by atoms with E-state index in [1.807, 2.05) is 12.1 Å². The summed E-state index contributed by atoms with van der Waals surface area (Å²) in [4.78, 5) is 23.8. The zero-order valence-corrected chi connectivity index (χ0v) is 17.5. The molecule has 0 radical (unpaired) electrons. The summed E-state index contributed by atoms with van der Waals surface area (Å²) in [6.07, 6.45) is 9.38. The first-order valence-corrected chi connectivity index (χ1v) is 10.4. The third-order valence-electron chi connectivity index (χ3n) is 4.72. The first kappa shape index (κ1) is 23.4. The van der Waals surface area contributed by atoms with E-state index in [1.165, 1.54) is 13.2 Å². The number of carbonyl (C=O) groups is 2. The standard InChI is InChI=1S/C25H30O5/c1-29-24(27)17-10-20-8-11-21(12-9-20)25(28)22-13-15-23(16-14-22)30-19-7-5-3-2-4-6-18-26/h8-17,26H,2-7,18-19H2,1H3. The summed E-state index contributed by atoms with van der Waals surface area (Å²) in [7, 11) is 1.33. The number of hydrogen-bond donors (Lipinski definition) is 1. The van der Waals surface area contributed by atoms with Crippen LogP contribution >= 0.6 is 0 Å². The van der Waals surface area contributed by atoms with Crippen LogP contribution in [-0.2, 0) is 9.53 Å². The van der Waals surface area contributed by atoms with Gasteiger partial charge >= 0.3 is 5.97 Å². The van der Waals surface area contributed by atoms with E-state index in [-0.39, 0.29) is 12.4 Å². The summed E-state index contributed by atoms with van der Waals surface area (Å²) < 4.78 is 10.3. The molecule has 1 N–H and O–H groups in total. The van der Waals surface area contributed by atoms with Gasteiger partial charge in [0, 0.05) is 23.8 Å². The number of benzene rings is 2. The second-order valence-electron chi connectivity index (χ2n) is 7.03. The van der Waals surface area contributed by atoms with Crippen molar-refractivity contribution in [2.45, 2.75) is 38.5 Å². The van der Waals surface area contributed by atoms with E-state index in [2.05, 4.69) is 4.74 Å². The number of esters is 1. The molecule has 2 rings (SSSR count). The smallest absolute Gasteiger partial charge is 0.330 e. The van der Waals surface area contributed by atoms with Gasteiger partial charge in [0.05, 0.1) is 13.7 Å². The minimum absolute atomic E-state index is 0.0621. The van der Waals surface area contributed by atoms with Crippen molar-refractivity contribution in [1.29, 1.82) is 0 Å². The first-order valence-electron chi connectivity index (χ1n) is 10.4. The highest BCUT2D eigenvalue weighted by Crippen LogP contribution is 2.17. The van der Waals surface area contributed by atoms with Crippen LogP contribution in [0.1, 0.15) is 60.0 Å². The third-order valence-corrected chi connectivity index (χ3v) is 4.72. The number of rotatable bonds is 13. The quantitative estimate of drug-likeness (QED) is 0.222. The van der Waals surface area contributed by atoms with Gasteiger partial charge in [0.1, 0.15) is 5.75 Å². The average Bonchev–Trinajstić information content (AvgIpc) is 2.79. The Bertz CT molecular complexity index is 806. The van der Waals surface area contributed by atoms with Crippen LogP contribution in [0, 0.1) is 0 Å². The first-order chi connectivity index (χ1) is 14.6. The number of ketones is 1. The molecule has 0 aromatic heterocycles. The van der Waals surface area contributed by atoms with Crippen molar-refractivity contribution in [2.24, 2.45) is 0 Å². The molecule has 0 atom stereocenters. The van der Waals surface area contributed by atoms with Gasteiger partial charge in [0.2, 0.25) is 0 Å². The molecule has 0 aliphatic rings. The summed E-state index contributed by atoms with van der Waals surface area (Å²) in [6, 6.07) is 14.2. The number of carbonyl (C=O) groups excluding carboxylic acids is 2. The van der Waals surface area contributed by atoms with Gasteiger partial charge in [-0.05, 0) is 48.7 Å². The zero-order valence-electron chi connectivity index (χ0n) is 17.5. The van der Waals surface area contributed by atoms with Gasteiger partial charge in [-0.1, -0.05) is 49.9 Å². The van der Waals surface area contributed by atoms with Crippen molar-refractivity contribution in [3.63, 3.8) is 0 Å². The van der Waals surface area contributed by atoms with Gasteiger partial charge in [0.25, 0.3) is 0 Å². The molecular weight excluding hydrogens is 380 g/mol. The minimum atomic E-state index is -0.421. The molecule has 5 heteroatoms. The van der Waals surface area contributed by atoms with E-state index >= 15 is 0 Å². The SMILES string of the molecule is COC(=O)C=Cc1ccc(C(=O)c2ccc(OCCCCCCCCO)cc2)cc1. The van der Waals surface area contributed by atoms with Crippen LogP contribution in [0.5, 0.6) is 5.75 Å². The fourth-order valence-electron chi connectivity index (χ4n) is 2.96. The Morgan fingerprint density at radius 3 is 2.00 bits per heavy atom. The molecule has 2 aromatic carbocycles. The molecule has 0 amide bonds. The van der Waals surface area contributed by atoms with Crippen LogP contribution in [0.2, 0.25) is 0 Å². The highest BCUT2D eigenvalue weighted by atomic mass is 16.5. The fraction of sp³-hybridized carbons (Fsp3) is 0.360. The van der Waals surface area contributed by atoms with E-state index in [9.17, 15) is 9.59 Å². The van der Waals surface area contributed by atoms with Crippen molar-refractivity contribution in [3.8, 4) is 5.75 Å². The zero-order chi connectivity index (χ0) is 21.6. The summed E-state index contributed by atoms with van der Waals surface area (Å²) >= 11 is 0. The molecule has 30 heavy (non-hydrogen) atoms. The molecule has 0 saturated carbocycles. The van der Waals surface area contributed by atoms with Crippen molar-refractivity contribution in [2.75, 3.05) is 20.3 Å². The number of hydrogen-bond acceptors (Lipinski definition) is 5. The molecule has 0 fully saturated rings. The molecule has 5 nitrogen and oxygen atoms in total. The Kier molecular flexibility index (Phi) is 10.4. The van der Waals surface area contributed by atoms with Crippen LogP contribution in [0.25, 0.3) is 6.08 Å². The molecule has 0 heterocycles. The van der Waals surface area contributed by atoms with Crippen LogP contribution in [0.3, 0.4) is 0 Å². The number of aliphatic hydroxyl groups is 1. The van der Waals surface area contributed by atoms with Gasteiger partial charge in [-0.25, -0.2) is 4.79 Å². The molecule has 0 bridgehead atoms. The maximum atomic E-state index is 12.6. The highest BCUT2D eigenvalue weighted by Gasteiger charge is 2.09. The third kappa shape index (κ3) is 8.21. The molecule has 2 aromatic rings. The number of aliphatic hydroxyl groups excluding tert-OH is 1. The molecule has 160 valence electrons. The van der Waals surface area contributed by atoms with E-state index in [0.29, 0.717) is 17.7 Å². The molecule has 0 aliphatic carbocycles. The molecular formula is C25H30O5. The van der Waals surface area contributed by atoms with Crippen LogP contribution < -0.4 is 4.74 Å². The second kappa shape index (κ2) is 13.3. The van der Waals surface area contributed by atoms with Crippen molar-refractivity contribution in [3.05, 3.63) is 71.3 Å². The Hall–Kier alpha value is -2.92. The lowest BCUT2D eigenvalue weighted by molar-refractivity contribution is -0.134. The largest absolute Gasteiger partial charge is 0.494 e. The predicted molar refractivity (Wildman–Crippen MR) is 118 cm³/mol. The molecule has 0 spiro atoms. The van der Waals surface area contributed by atoms with Crippen molar-refractivity contribution >= 4 is 17.8 Å². The predicted octanol–water partition coefficient (Wildman–Crippen LogP) is 4.82. The summed E-state index contributed by atoms with van der Waals surface area (Å²) in [6.45, 7) is 0.940. The lowest BCUT2D eigenvalue weighted by Gasteiger charge is -2.07. The van der Waals surface area contributed by atoms with Gasteiger partial charge in [-0.2, -0.15) is 0 Å². The number of unbranched alkanes of at least 4 members (excludes halogenated alkanes) is 5. The topological polar surface area (TPSA) is 72.8 Å². The van der Waals surface area contributed by atoms with Crippen molar-refractivity contribution < 1.29 is 24.2 Å². The molecule has 0 saturated heterocycles. The maximum Gasteiger partial charge on any atom is 0.330 e. The normalized spacial score (nSPS) is 10.9. The summed E-state index contributed by atoms with van der Waals surface area (Å²) in [5, 5.41) is 8.75. The number of methoxy groups -OCH3 is 1. The lowest BCUT2D eigenvalue weighted by atomic mass is 10.0. The van der Waals surface area contributed by atoms with E-state index < -0.39 is 5.97 Å². The minimum Gasteiger partial charge on any atom is -0.494 e. The Balaban J connectivity index is 1.79. The molecule has 0 unspecified atom stereocenters. The second-order valence-corrected chi connectivity index (χ2v) is 7.03. The van der Waals surface area contributed by atoms with Crippen LogP contribution in [0.15, 0.2) is 54.6 Å². The Morgan fingerprint density at radius 2 is 1.40 bits per heavy atom. The lowest BCUT2D eigenvalue weighted by Crippen LogP contribution is -2.02. The average molecular weight is 411 g/mol. The summed E-state index contributed by atoms with van der Waals surface area (Å²) in [5.74, 6) is 0.276. The maximum absolute atomic E-state index is 12.6. The Morgan fingerprint density at radius 1 is 0.833 bits per heavy atom. The fourth-order valence-corrected chi connectivity index (χ4v) is 2.96. The summed E-state index contributed by atoms with van der Waals surface area (Å²) in [5.41, 5.74) is 2.00. The van der Waals surface area contributed by atoms with Crippen LogP contribution in [-0.4, -0.2) is 37.2 Å². The van der Waals surface area contributed by atoms with Crippen molar-refractivity contribution in [1.82, 2.24) is 0 Å². The molecule has 0 aliphatic heterocycles. The number of ether oxygens (including phenoxy) is 2. The van der Waals surface area contributed by atoms with E-state index in [0.717, 1.165) is 49.8 Å².